The number of rotatable bonds is 4. The van der Waals surface area contributed by atoms with Crippen LogP contribution in [0.15, 0.2) is 34.7 Å². The minimum absolute atomic E-state index is 0.482. The van der Waals surface area contributed by atoms with E-state index < -0.39 is 0 Å². The molecule has 0 spiro atoms. The molecule has 0 aliphatic carbocycles. The highest BCUT2D eigenvalue weighted by Crippen LogP contribution is 2.31. The zero-order chi connectivity index (χ0) is 13.2. The van der Waals surface area contributed by atoms with Gasteiger partial charge in [-0.3, -0.25) is 0 Å². The predicted octanol–water partition coefficient (Wildman–Crippen LogP) is 4.30. The molecule has 1 aromatic carbocycles. The monoisotopic (exact) mass is 254 g/mol. The third-order valence-electron chi connectivity index (χ3n) is 3.48. The lowest BCUT2D eigenvalue weighted by atomic mass is 10.1. The molecule has 2 heterocycles. The van der Waals surface area contributed by atoms with Gasteiger partial charge in [0.1, 0.15) is 5.76 Å². The van der Waals surface area contributed by atoms with Crippen molar-refractivity contribution in [1.82, 2.24) is 4.98 Å². The summed E-state index contributed by atoms with van der Waals surface area (Å²) in [6.45, 7) is 2.20. The summed E-state index contributed by atoms with van der Waals surface area (Å²) >= 11 is 0. The highest BCUT2D eigenvalue weighted by molar-refractivity contribution is 6.07. The smallest absolute Gasteiger partial charge is 0.176 e. The highest BCUT2D eigenvalue weighted by Gasteiger charge is 2.11. The molecular formula is C16H18N2O. The van der Waals surface area contributed by atoms with Crippen LogP contribution in [-0.4, -0.2) is 4.98 Å². The molecule has 98 valence electrons. The number of hydrogen-bond donors (Lipinski definition) is 1. The van der Waals surface area contributed by atoms with Crippen LogP contribution < -0.4 is 5.73 Å². The van der Waals surface area contributed by atoms with Gasteiger partial charge < -0.3 is 10.2 Å². The van der Waals surface area contributed by atoms with Crippen molar-refractivity contribution in [3.8, 4) is 0 Å². The first kappa shape index (κ1) is 12.0. The molecule has 0 saturated heterocycles. The number of hydrogen-bond acceptors (Lipinski definition) is 3. The molecule has 0 aliphatic heterocycles. The zero-order valence-corrected chi connectivity index (χ0v) is 11.1. The van der Waals surface area contributed by atoms with Crippen molar-refractivity contribution in [2.75, 3.05) is 5.73 Å². The van der Waals surface area contributed by atoms with Gasteiger partial charge in [0, 0.05) is 17.2 Å². The number of nitrogens with two attached hydrogens (primary N) is 1. The molecule has 3 aromatic rings. The first-order valence-electron chi connectivity index (χ1n) is 6.86. The summed E-state index contributed by atoms with van der Waals surface area (Å²) in [6, 6.07) is 10.2. The second-order valence-corrected chi connectivity index (χ2v) is 4.93. The first-order valence-corrected chi connectivity index (χ1v) is 6.86. The maximum atomic E-state index is 5.99. The summed E-state index contributed by atoms with van der Waals surface area (Å²) < 4.78 is 5.87. The van der Waals surface area contributed by atoms with Gasteiger partial charge in [0.15, 0.2) is 11.4 Å². The van der Waals surface area contributed by atoms with E-state index in [2.05, 4.69) is 24.0 Å². The lowest BCUT2D eigenvalue weighted by molar-refractivity contribution is 0.531. The van der Waals surface area contributed by atoms with E-state index in [1.54, 1.807) is 0 Å². The Morgan fingerprint density at radius 2 is 2.00 bits per heavy atom. The van der Waals surface area contributed by atoms with Crippen molar-refractivity contribution in [2.24, 2.45) is 0 Å². The van der Waals surface area contributed by atoms with E-state index in [1.807, 2.05) is 18.2 Å². The summed E-state index contributed by atoms with van der Waals surface area (Å²) in [5.74, 6) is 1.49. The Morgan fingerprint density at radius 1 is 1.16 bits per heavy atom. The number of aromatic nitrogens is 1. The summed E-state index contributed by atoms with van der Waals surface area (Å²) in [5, 5.41) is 2.19. The summed E-state index contributed by atoms with van der Waals surface area (Å²) in [5.41, 5.74) is 7.64. The van der Waals surface area contributed by atoms with Gasteiger partial charge in [0.2, 0.25) is 0 Å². The third kappa shape index (κ3) is 2.16. The lowest BCUT2D eigenvalue weighted by Crippen LogP contribution is -1.91. The van der Waals surface area contributed by atoms with E-state index in [9.17, 15) is 0 Å². The summed E-state index contributed by atoms with van der Waals surface area (Å²) in [6.07, 6.45) is 4.57. The number of aryl methyl sites for hydroxylation is 1. The molecular weight excluding hydrogens is 236 g/mol. The van der Waals surface area contributed by atoms with Crippen LogP contribution in [-0.2, 0) is 6.42 Å². The summed E-state index contributed by atoms with van der Waals surface area (Å²) in [4.78, 5) is 4.40. The zero-order valence-electron chi connectivity index (χ0n) is 11.1. The van der Waals surface area contributed by atoms with Crippen LogP contribution in [0, 0.1) is 0 Å². The molecule has 2 aromatic heterocycles. The van der Waals surface area contributed by atoms with Gasteiger partial charge in [-0.25, -0.2) is 4.98 Å². The molecule has 0 unspecified atom stereocenters. The van der Waals surface area contributed by atoms with Crippen molar-refractivity contribution < 1.29 is 4.42 Å². The average molecular weight is 254 g/mol. The Hall–Kier alpha value is -2.03. The number of nitrogen functional groups attached to an aromatic ring is 1. The van der Waals surface area contributed by atoms with Gasteiger partial charge in [0.25, 0.3) is 0 Å². The molecule has 0 atom stereocenters. The number of benzene rings is 1. The molecule has 3 nitrogen and oxygen atoms in total. The fraction of sp³-hybridized carbons (Fsp3) is 0.312. The topological polar surface area (TPSA) is 52.0 Å². The van der Waals surface area contributed by atoms with Gasteiger partial charge in [0.05, 0.1) is 5.52 Å². The molecule has 3 rings (SSSR count). The van der Waals surface area contributed by atoms with E-state index >= 15 is 0 Å². The van der Waals surface area contributed by atoms with Gasteiger partial charge >= 0.3 is 0 Å². The minimum Gasteiger partial charge on any atom is -0.457 e. The van der Waals surface area contributed by atoms with Gasteiger partial charge in [-0.1, -0.05) is 38.0 Å². The van der Waals surface area contributed by atoms with Crippen LogP contribution >= 0.6 is 0 Å². The molecule has 0 saturated carbocycles. The number of pyridine rings is 1. The van der Waals surface area contributed by atoms with E-state index in [-0.39, 0.29) is 0 Å². The van der Waals surface area contributed by atoms with Crippen LogP contribution in [0.5, 0.6) is 0 Å². The standard InChI is InChI=1S/C16H18N2O/c1-2-3-4-7-11-10-13-12-8-5-6-9-14(12)18-16(17)15(13)19-11/h5-6,8-10H,2-4,7H2,1H3,(H2,17,18). The Balaban J connectivity index is 2.10. The lowest BCUT2D eigenvalue weighted by Gasteiger charge is -2.00. The Bertz CT molecular complexity index is 715. The van der Waals surface area contributed by atoms with Crippen molar-refractivity contribution in [3.05, 3.63) is 36.1 Å². The van der Waals surface area contributed by atoms with E-state index in [4.69, 9.17) is 10.2 Å². The number of fused-ring (bicyclic) bond motifs is 3. The maximum absolute atomic E-state index is 5.99. The second kappa shape index (κ2) is 4.92. The van der Waals surface area contributed by atoms with Crippen molar-refractivity contribution >= 4 is 27.7 Å². The quantitative estimate of drug-likeness (QED) is 0.706. The van der Waals surface area contributed by atoms with Crippen LogP contribution in [0.25, 0.3) is 21.9 Å². The maximum Gasteiger partial charge on any atom is 0.176 e. The Kier molecular flexibility index (Phi) is 3.11. The fourth-order valence-corrected chi connectivity index (χ4v) is 2.48. The molecule has 0 aliphatic rings. The molecule has 3 heteroatoms. The predicted molar refractivity (Wildman–Crippen MR) is 79.2 cm³/mol. The van der Waals surface area contributed by atoms with Gasteiger partial charge in [-0.2, -0.15) is 0 Å². The minimum atomic E-state index is 0.482. The van der Waals surface area contributed by atoms with E-state index in [0.29, 0.717) is 5.82 Å². The number of nitrogens with zero attached hydrogens (tertiary/aromatic N) is 1. The molecule has 0 radical (unpaired) electrons. The first-order chi connectivity index (χ1) is 9.29. The van der Waals surface area contributed by atoms with Crippen LogP contribution in [0.2, 0.25) is 0 Å². The molecule has 2 N–H and O–H groups in total. The third-order valence-corrected chi connectivity index (χ3v) is 3.48. The summed E-state index contributed by atoms with van der Waals surface area (Å²) in [7, 11) is 0. The second-order valence-electron chi connectivity index (χ2n) is 4.93. The highest BCUT2D eigenvalue weighted by atomic mass is 16.3. The molecule has 0 bridgehead atoms. The van der Waals surface area contributed by atoms with Crippen LogP contribution in [0.4, 0.5) is 5.82 Å². The molecule has 0 amide bonds. The normalized spacial score (nSPS) is 11.4. The Labute approximate surface area is 112 Å². The molecule has 19 heavy (non-hydrogen) atoms. The van der Waals surface area contributed by atoms with E-state index in [0.717, 1.165) is 40.5 Å². The molecule has 0 fully saturated rings. The van der Waals surface area contributed by atoms with Crippen molar-refractivity contribution in [1.29, 1.82) is 0 Å². The van der Waals surface area contributed by atoms with Crippen molar-refractivity contribution in [2.45, 2.75) is 32.6 Å². The van der Waals surface area contributed by atoms with Crippen LogP contribution in [0.3, 0.4) is 0 Å². The number of anilines is 1. The number of furan rings is 1. The Morgan fingerprint density at radius 3 is 2.84 bits per heavy atom. The van der Waals surface area contributed by atoms with Gasteiger partial charge in [-0.15, -0.1) is 0 Å². The number of para-hydroxylation sites is 1. The SMILES string of the molecule is CCCCCc1cc2c(o1)c(N)nc1ccccc12. The van der Waals surface area contributed by atoms with Gasteiger partial charge in [-0.05, 0) is 18.6 Å². The fourth-order valence-electron chi connectivity index (χ4n) is 2.48. The van der Waals surface area contributed by atoms with Crippen LogP contribution in [0.1, 0.15) is 31.9 Å². The van der Waals surface area contributed by atoms with E-state index in [1.165, 1.54) is 12.8 Å². The largest absolute Gasteiger partial charge is 0.457 e. The number of unbranched alkanes of at least 4 members (excludes halogenated alkanes) is 2. The average Bonchev–Trinajstić information content (AvgIpc) is 2.84. The van der Waals surface area contributed by atoms with Crippen molar-refractivity contribution in [3.63, 3.8) is 0 Å².